The van der Waals surface area contributed by atoms with Crippen molar-refractivity contribution in [3.8, 4) is 0 Å². The Hall–Kier alpha value is 0.180. The lowest BCUT2D eigenvalue weighted by Crippen LogP contribution is -2.12. The zero-order valence-corrected chi connectivity index (χ0v) is 9.99. The molecule has 0 aromatic carbocycles. The Bertz CT molecular complexity index is 206. The summed E-state index contributed by atoms with van der Waals surface area (Å²) in [6.07, 6.45) is 2.42. The SMILES string of the molecule is CCC(C)C(Br)Cc1cccs1. The summed E-state index contributed by atoms with van der Waals surface area (Å²) in [7, 11) is 0. The van der Waals surface area contributed by atoms with E-state index in [2.05, 4.69) is 47.3 Å². The topological polar surface area (TPSA) is 0 Å². The monoisotopic (exact) mass is 246 g/mol. The molecule has 68 valence electrons. The lowest BCUT2D eigenvalue weighted by atomic mass is 10.0. The van der Waals surface area contributed by atoms with Crippen LogP contribution in [-0.4, -0.2) is 4.83 Å². The van der Waals surface area contributed by atoms with Crippen molar-refractivity contribution in [1.82, 2.24) is 0 Å². The third-order valence-electron chi connectivity index (χ3n) is 2.24. The highest BCUT2D eigenvalue weighted by molar-refractivity contribution is 9.09. The van der Waals surface area contributed by atoms with Crippen LogP contribution in [0, 0.1) is 5.92 Å². The zero-order valence-electron chi connectivity index (χ0n) is 7.59. The van der Waals surface area contributed by atoms with E-state index in [0.717, 1.165) is 5.92 Å². The molecule has 2 heteroatoms. The van der Waals surface area contributed by atoms with Gasteiger partial charge in [0.25, 0.3) is 0 Å². The van der Waals surface area contributed by atoms with Crippen LogP contribution in [0.5, 0.6) is 0 Å². The van der Waals surface area contributed by atoms with Gasteiger partial charge in [0.05, 0.1) is 0 Å². The van der Waals surface area contributed by atoms with E-state index in [-0.39, 0.29) is 0 Å². The normalized spacial score (nSPS) is 15.9. The van der Waals surface area contributed by atoms with Crippen LogP contribution in [0.2, 0.25) is 0 Å². The smallest absolute Gasteiger partial charge is 0.0219 e. The molecule has 12 heavy (non-hydrogen) atoms. The molecule has 1 heterocycles. The van der Waals surface area contributed by atoms with Gasteiger partial charge in [0.1, 0.15) is 0 Å². The van der Waals surface area contributed by atoms with Gasteiger partial charge in [-0.3, -0.25) is 0 Å². The lowest BCUT2D eigenvalue weighted by molar-refractivity contribution is 0.540. The molecule has 0 nitrogen and oxygen atoms in total. The van der Waals surface area contributed by atoms with Gasteiger partial charge in [-0.1, -0.05) is 42.3 Å². The number of hydrogen-bond acceptors (Lipinski definition) is 1. The quantitative estimate of drug-likeness (QED) is 0.702. The molecule has 0 bridgehead atoms. The Morgan fingerprint density at radius 2 is 2.33 bits per heavy atom. The van der Waals surface area contributed by atoms with Crippen molar-refractivity contribution in [2.75, 3.05) is 0 Å². The lowest BCUT2D eigenvalue weighted by Gasteiger charge is -2.14. The van der Waals surface area contributed by atoms with Crippen LogP contribution in [0.25, 0.3) is 0 Å². The van der Waals surface area contributed by atoms with Gasteiger partial charge in [0.15, 0.2) is 0 Å². The van der Waals surface area contributed by atoms with Crippen LogP contribution in [0.1, 0.15) is 25.1 Å². The molecule has 0 aliphatic heterocycles. The predicted octanol–water partition coefficient (Wildman–Crippen LogP) is 4.10. The second-order valence-electron chi connectivity index (χ2n) is 3.19. The van der Waals surface area contributed by atoms with Crippen molar-refractivity contribution >= 4 is 27.3 Å². The maximum atomic E-state index is 3.73. The van der Waals surface area contributed by atoms with E-state index in [1.54, 1.807) is 0 Å². The van der Waals surface area contributed by atoms with Gasteiger partial charge in [-0.05, 0) is 23.8 Å². The largest absolute Gasteiger partial charge is 0.149 e. The summed E-state index contributed by atoms with van der Waals surface area (Å²) in [5, 5.41) is 2.14. The van der Waals surface area contributed by atoms with Gasteiger partial charge in [-0.15, -0.1) is 11.3 Å². The van der Waals surface area contributed by atoms with Crippen LogP contribution in [0.3, 0.4) is 0 Å². The molecule has 0 aliphatic rings. The molecule has 2 atom stereocenters. The number of rotatable bonds is 4. The standard InChI is InChI=1S/C10H15BrS/c1-3-8(2)10(11)7-9-5-4-6-12-9/h4-6,8,10H,3,7H2,1-2H3. The van der Waals surface area contributed by atoms with Gasteiger partial charge >= 0.3 is 0 Å². The molecular weight excluding hydrogens is 232 g/mol. The molecule has 0 N–H and O–H groups in total. The van der Waals surface area contributed by atoms with Crippen LogP contribution >= 0.6 is 27.3 Å². The second-order valence-corrected chi connectivity index (χ2v) is 5.39. The minimum absolute atomic E-state index is 0.640. The minimum Gasteiger partial charge on any atom is -0.149 e. The first-order valence-corrected chi connectivity index (χ1v) is 6.20. The van der Waals surface area contributed by atoms with Crippen molar-refractivity contribution in [3.63, 3.8) is 0 Å². The Labute approximate surface area is 87.1 Å². The van der Waals surface area contributed by atoms with Crippen LogP contribution in [-0.2, 0) is 6.42 Å². The highest BCUT2D eigenvalue weighted by atomic mass is 79.9. The van der Waals surface area contributed by atoms with Crippen molar-refractivity contribution < 1.29 is 0 Å². The first-order chi connectivity index (χ1) is 5.74. The molecule has 0 saturated heterocycles. The number of alkyl halides is 1. The van der Waals surface area contributed by atoms with Gasteiger partial charge in [-0.2, -0.15) is 0 Å². The molecule has 0 radical (unpaired) electrons. The third kappa shape index (κ3) is 2.91. The molecule has 2 unspecified atom stereocenters. The molecule has 1 aromatic rings. The Balaban J connectivity index is 2.41. The fraction of sp³-hybridized carbons (Fsp3) is 0.600. The number of thiophene rings is 1. The molecule has 0 amide bonds. The van der Waals surface area contributed by atoms with Crippen LogP contribution < -0.4 is 0 Å². The maximum absolute atomic E-state index is 3.73. The van der Waals surface area contributed by atoms with Crippen molar-refractivity contribution in [1.29, 1.82) is 0 Å². The van der Waals surface area contributed by atoms with Gasteiger partial charge < -0.3 is 0 Å². The first-order valence-electron chi connectivity index (χ1n) is 4.40. The summed E-state index contributed by atoms with van der Waals surface area (Å²) in [4.78, 5) is 2.12. The third-order valence-corrected chi connectivity index (χ3v) is 4.36. The van der Waals surface area contributed by atoms with Gasteiger partial charge in [0.2, 0.25) is 0 Å². The number of halogens is 1. The van der Waals surface area contributed by atoms with E-state index in [0.29, 0.717) is 4.83 Å². The summed E-state index contributed by atoms with van der Waals surface area (Å²) in [6, 6.07) is 4.33. The molecule has 0 aliphatic carbocycles. The van der Waals surface area contributed by atoms with E-state index in [4.69, 9.17) is 0 Å². The van der Waals surface area contributed by atoms with E-state index >= 15 is 0 Å². The van der Waals surface area contributed by atoms with Crippen LogP contribution in [0.15, 0.2) is 17.5 Å². The molecule has 1 rings (SSSR count). The summed E-state index contributed by atoms with van der Waals surface area (Å²) in [5.41, 5.74) is 0. The fourth-order valence-electron chi connectivity index (χ4n) is 1.08. The number of hydrogen-bond donors (Lipinski definition) is 0. The van der Waals surface area contributed by atoms with E-state index < -0.39 is 0 Å². The summed E-state index contributed by atoms with van der Waals surface area (Å²) < 4.78 is 0. The Morgan fingerprint density at radius 3 is 2.83 bits per heavy atom. The summed E-state index contributed by atoms with van der Waals surface area (Å²) >= 11 is 5.58. The Kier molecular flexibility index (Phi) is 4.30. The zero-order chi connectivity index (χ0) is 8.97. The molecule has 1 aromatic heterocycles. The first kappa shape index (κ1) is 10.3. The van der Waals surface area contributed by atoms with Crippen LogP contribution in [0.4, 0.5) is 0 Å². The second kappa shape index (κ2) is 5.03. The van der Waals surface area contributed by atoms with E-state index in [9.17, 15) is 0 Å². The molecule has 0 saturated carbocycles. The average molecular weight is 247 g/mol. The summed E-state index contributed by atoms with van der Waals surface area (Å²) in [6.45, 7) is 4.54. The van der Waals surface area contributed by atoms with Gasteiger partial charge in [0, 0.05) is 9.70 Å². The predicted molar refractivity (Wildman–Crippen MR) is 60.2 cm³/mol. The molecular formula is C10H15BrS. The molecule has 0 spiro atoms. The fourth-order valence-corrected chi connectivity index (χ4v) is 2.78. The minimum atomic E-state index is 0.640. The van der Waals surface area contributed by atoms with E-state index in [1.165, 1.54) is 17.7 Å². The summed E-state index contributed by atoms with van der Waals surface area (Å²) in [5.74, 6) is 0.770. The highest BCUT2D eigenvalue weighted by Gasteiger charge is 2.12. The Morgan fingerprint density at radius 1 is 1.58 bits per heavy atom. The van der Waals surface area contributed by atoms with Crippen molar-refractivity contribution in [2.45, 2.75) is 31.5 Å². The average Bonchev–Trinajstić information content (AvgIpc) is 2.55. The van der Waals surface area contributed by atoms with Gasteiger partial charge in [-0.25, -0.2) is 0 Å². The van der Waals surface area contributed by atoms with Crippen molar-refractivity contribution in [2.24, 2.45) is 5.92 Å². The maximum Gasteiger partial charge on any atom is 0.0219 e. The van der Waals surface area contributed by atoms with Crippen molar-refractivity contribution in [3.05, 3.63) is 22.4 Å². The molecule has 0 fully saturated rings. The highest BCUT2D eigenvalue weighted by Crippen LogP contribution is 2.22. The van der Waals surface area contributed by atoms with E-state index in [1.807, 2.05) is 11.3 Å².